The van der Waals surface area contributed by atoms with Gasteiger partial charge in [-0.2, -0.15) is 0 Å². The Bertz CT molecular complexity index is 359. The number of halogens is 1. The third kappa shape index (κ3) is 7.64. The van der Waals surface area contributed by atoms with Crippen molar-refractivity contribution in [2.24, 2.45) is 0 Å². The van der Waals surface area contributed by atoms with E-state index in [0.29, 0.717) is 7.18 Å². The Morgan fingerprint density at radius 1 is 1.05 bits per heavy atom. The van der Waals surface area contributed by atoms with Crippen LogP contribution in [0.3, 0.4) is 0 Å². The van der Waals surface area contributed by atoms with Gasteiger partial charge in [0.25, 0.3) is 0 Å². The standard InChI is InChI=1S/C7H13NO2.C7H6O.C2H6.CH3F/c1-3-8-4-2-7(1)9-5-6-10-7;8-6-7-4-2-1-3-5-7;2*1-2/h8H,1-6H2;1-6H;1-2H3;1H3. The SMILES string of the molecule is C1CC2(CCN1)OCCO2.CC.CF.O=Cc1ccccc1. The molecule has 2 fully saturated rings. The fourth-order valence-corrected chi connectivity index (χ4v) is 2.12. The van der Waals surface area contributed by atoms with E-state index in [1.807, 2.05) is 32.0 Å². The van der Waals surface area contributed by atoms with Gasteiger partial charge in [0.15, 0.2) is 5.79 Å². The van der Waals surface area contributed by atoms with E-state index in [-0.39, 0.29) is 5.79 Å². The van der Waals surface area contributed by atoms with Crippen molar-refractivity contribution in [2.45, 2.75) is 32.5 Å². The molecule has 2 aliphatic rings. The molecule has 1 aromatic rings. The molecular weight excluding hydrogens is 285 g/mol. The first kappa shape index (κ1) is 20.7. The van der Waals surface area contributed by atoms with Gasteiger partial charge in [0.1, 0.15) is 6.29 Å². The summed E-state index contributed by atoms with van der Waals surface area (Å²) in [5.41, 5.74) is 0.729. The summed E-state index contributed by atoms with van der Waals surface area (Å²) in [4.78, 5) is 10.0. The predicted octanol–water partition coefficient (Wildman–Crippen LogP) is 3.22. The summed E-state index contributed by atoms with van der Waals surface area (Å²) in [6.07, 6.45) is 2.85. The van der Waals surface area contributed by atoms with E-state index in [1.165, 1.54) is 0 Å². The summed E-state index contributed by atoms with van der Waals surface area (Å²) in [5.74, 6) is -0.189. The van der Waals surface area contributed by atoms with Gasteiger partial charge in [0.2, 0.25) is 0 Å². The number of rotatable bonds is 1. The lowest BCUT2D eigenvalue weighted by Crippen LogP contribution is -2.42. The summed E-state index contributed by atoms with van der Waals surface area (Å²) in [6.45, 7) is 7.61. The van der Waals surface area contributed by atoms with Crippen LogP contribution in [0, 0.1) is 0 Å². The van der Waals surface area contributed by atoms with Gasteiger partial charge >= 0.3 is 0 Å². The minimum absolute atomic E-state index is 0.189. The van der Waals surface area contributed by atoms with E-state index in [9.17, 15) is 9.18 Å². The quantitative estimate of drug-likeness (QED) is 0.809. The van der Waals surface area contributed by atoms with Crippen molar-refractivity contribution in [2.75, 3.05) is 33.5 Å². The van der Waals surface area contributed by atoms with Crippen LogP contribution in [0.15, 0.2) is 30.3 Å². The van der Waals surface area contributed by atoms with Gasteiger partial charge in [0, 0.05) is 31.5 Å². The maximum absolute atomic E-state index is 10.0. The van der Waals surface area contributed by atoms with Gasteiger partial charge < -0.3 is 14.8 Å². The number of hydrogen-bond donors (Lipinski definition) is 1. The Labute approximate surface area is 133 Å². The van der Waals surface area contributed by atoms with E-state index < -0.39 is 0 Å². The third-order valence-electron chi connectivity index (χ3n) is 3.11. The molecule has 1 spiro atoms. The maximum Gasteiger partial charge on any atom is 0.170 e. The molecule has 3 rings (SSSR count). The van der Waals surface area contributed by atoms with E-state index in [2.05, 4.69) is 5.32 Å². The van der Waals surface area contributed by atoms with E-state index in [1.54, 1.807) is 12.1 Å². The molecular formula is C17H28FNO3. The van der Waals surface area contributed by atoms with Crippen LogP contribution < -0.4 is 5.32 Å². The van der Waals surface area contributed by atoms with Gasteiger partial charge in [-0.25, -0.2) is 0 Å². The van der Waals surface area contributed by atoms with E-state index in [0.717, 1.165) is 51.0 Å². The molecule has 2 aliphatic heterocycles. The molecule has 0 aliphatic carbocycles. The highest BCUT2D eigenvalue weighted by atomic mass is 19.1. The molecule has 0 saturated carbocycles. The van der Waals surface area contributed by atoms with Crippen LogP contribution in [0.4, 0.5) is 4.39 Å². The number of aldehydes is 1. The van der Waals surface area contributed by atoms with Gasteiger partial charge in [-0.15, -0.1) is 0 Å². The molecule has 2 heterocycles. The average Bonchev–Trinajstić information content (AvgIpc) is 3.08. The number of ether oxygens (including phenoxy) is 2. The lowest BCUT2D eigenvalue weighted by Gasteiger charge is -2.31. The van der Waals surface area contributed by atoms with Crippen molar-refractivity contribution in [3.63, 3.8) is 0 Å². The number of carbonyl (C=O) groups excluding carboxylic acids is 1. The number of benzene rings is 1. The normalized spacial score (nSPS) is 17.8. The molecule has 126 valence electrons. The molecule has 0 aromatic heterocycles. The lowest BCUT2D eigenvalue weighted by atomic mass is 10.1. The van der Waals surface area contributed by atoms with Crippen LogP contribution in [-0.4, -0.2) is 45.6 Å². The number of piperidine rings is 1. The Kier molecular flexibility index (Phi) is 12.6. The van der Waals surface area contributed by atoms with Crippen molar-refractivity contribution < 1.29 is 18.7 Å². The minimum atomic E-state index is -0.189. The van der Waals surface area contributed by atoms with Crippen molar-refractivity contribution in [1.82, 2.24) is 5.32 Å². The second kappa shape index (κ2) is 13.4. The summed E-state index contributed by atoms with van der Waals surface area (Å²) >= 11 is 0. The van der Waals surface area contributed by atoms with Crippen LogP contribution in [-0.2, 0) is 9.47 Å². The number of hydrogen-bond acceptors (Lipinski definition) is 4. The zero-order valence-electron chi connectivity index (χ0n) is 13.8. The first-order chi connectivity index (χ1) is 10.8. The third-order valence-corrected chi connectivity index (χ3v) is 3.11. The summed E-state index contributed by atoms with van der Waals surface area (Å²) in [5, 5.41) is 3.28. The molecule has 4 nitrogen and oxygen atoms in total. The lowest BCUT2D eigenvalue weighted by molar-refractivity contribution is -0.172. The molecule has 0 bridgehead atoms. The zero-order valence-corrected chi connectivity index (χ0v) is 13.8. The highest BCUT2D eigenvalue weighted by molar-refractivity contribution is 5.74. The van der Waals surface area contributed by atoms with E-state index in [4.69, 9.17) is 9.47 Å². The van der Waals surface area contributed by atoms with E-state index >= 15 is 0 Å². The minimum Gasteiger partial charge on any atom is -0.347 e. The molecule has 1 aromatic carbocycles. The number of nitrogens with one attached hydrogen (secondary N) is 1. The summed E-state index contributed by atoms with van der Waals surface area (Å²) in [6, 6.07) is 9.10. The highest BCUT2D eigenvalue weighted by Crippen LogP contribution is 2.28. The van der Waals surface area contributed by atoms with Gasteiger partial charge in [-0.1, -0.05) is 44.2 Å². The molecule has 2 saturated heterocycles. The average molecular weight is 313 g/mol. The molecule has 1 N–H and O–H groups in total. The second-order valence-corrected chi connectivity index (χ2v) is 4.39. The second-order valence-electron chi connectivity index (χ2n) is 4.39. The smallest absolute Gasteiger partial charge is 0.170 e. The molecule has 0 unspecified atom stereocenters. The van der Waals surface area contributed by atoms with Crippen molar-refractivity contribution in [3.8, 4) is 0 Å². The fourth-order valence-electron chi connectivity index (χ4n) is 2.12. The number of alkyl halides is 1. The Morgan fingerprint density at radius 2 is 1.55 bits per heavy atom. The summed E-state index contributed by atoms with van der Waals surface area (Å²) < 4.78 is 20.5. The molecule has 0 atom stereocenters. The number of carbonyl (C=O) groups is 1. The van der Waals surface area contributed by atoms with Gasteiger partial charge in [-0.3, -0.25) is 9.18 Å². The topological polar surface area (TPSA) is 47.6 Å². The molecule has 5 heteroatoms. The largest absolute Gasteiger partial charge is 0.347 e. The van der Waals surface area contributed by atoms with Gasteiger partial charge in [-0.05, 0) is 0 Å². The Balaban J connectivity index is 0.000000333. The molecule has 0 radical (unpaired) electrons. The van der Waals surface area contributed by atoms with Crippen LogP contribution in [0.5, 0.6) is 0 Å². The van der Waals surface area contributed by atoms with Crippen LogP contribution in [0.2, 0.25) is 0 Å². The first-order valence-corrected chi connectivity index (χ1v) is 7.71. The van der Waals surface area contributed by atoms with Crippen molar-refractivity contribution in [1.29, 1.82) is 0 Å². The molecule has 0 amide bonds. The molecule has 22 heavy (non-hydrogen) atoms. The Hall–Kier alpha value is -1.30. The summed E-state index contributed by atoms with van der Waals surface area (Å²) in [7, 11) is 0.500. The van der Waals surface area contributed by atoms with Crippen molar-refractivity contribution >= 4 is 6.29 Å². The van der Waals surface area contributed by atoms with Crippen molar-refractivity contribution in [3.05, 3.63) is 35.9 Å². The first-order valence-electron chi connectivity index (χ1n) is 7.71. The Morgan fingerprint density at radius 3 is 1.95 bits per heavy atom. The zero-order chi connectivity index (χ0) is 16.7. The monoisotopic (exact) mass is 313 g/mol. The van der Waals surface area contributed by atoms with Crippen LogP contribution in [0.25, 0.3) is 0 Å². The predicted molar refractivity (Wildman–Crippen MR) is 86.9 cm³/mol. The van der Waals surface area contributed by atoms with Crippen LogP contribution in [0.1, 0.15) is 37.0 Å². The van der Waals surface area contributed by atoms with Gasteiger partial charge in [0.05, 0.1) is 20.4 Å². The highest BCUT2D eigenvalue weighted by Gasteiger charge is 2.37. The fraction of sp³-hybridized carbons (Fsp3) is 0.588. The van der Waals surface area contributed by atoms with Crippen LogP contribution >= 0.6 is 0 Å². The maximum atomic E-state index is 10.0.